The summed E-state index contributed by atoms with van der Waals surface area (Å²) in [6.45, 7) is 0.0834. The summed E-state index contributed by atoms with van der Waals surface area (Å²) >= 11 is 0. The lowest BCUT2D eigenvalue weighted by atomic mass is 10.1. The highest BCUT2D eigenvalue weighted by Crippen LogP contribution is 2.25. The molecule has 0 saturated carbocycles. The summed E-state index contributed by atoms with van der Waals surface area (Å²) in [5.74, 6) is 0. The Balaban J connectivity index is 2.37. The van der Waals surface area contributed by atoms with E-state index in [0.717, 1.165) is 0 Å². The predicted octanol–water partition coefficient (Wildman–Crippen LogP) is 0.848. The lowest BCUT2D eigenvalue weighted by Gasteiger charge is -2.13. The van der Waals surface area contributed by atoms with Gasteiger partial charge in [-0.15, -0.1) is 0 Å². The van der Waals surface area contributed by atoms with E-state index in [9.17, 15) is 14.9 Å². The minimum Gasteiger partial charge on any atom is -0.393 e. The minimum absolute atomic E-state index is 0.0490. The second-order valence-electron chi connectivity index (χ2n) is 4.71. The maximum atomic E-state index is 12.0. The summed E-state index contributed by atoms with van der Waals surface area (Å²) in [5, 5.41) is 14.9. The van der Waals surface area contributed by atoms with E-state index in [2.05, 4.69) is 5.10 Å². The molecule has 2 aromatic rings. The van der Waals surface area contributed by atoms with Crippen LogP contribution in [0, 0.1) is 10.1 Å². The number of nitro benzene ring substituents is 1. The zero-order chi connectivity index (χ0) is 15.6. The Bertz CT molecular complexity index is 739. The van der Waals surface area contributed by atoms with E-state index in [1.807, 2.05) is 0 Å². The van der Waals surface area contributed by atoms with E-state index < -0.39 is 4.92 Å². The molecule has 0 aliphatic carbocycles. The van der Waals surface area contributed by atoms with Crippen molar-refractivity contribution in [3.05, 3.63) is 56.5 Å². The SMILES string of the molecule is CN(C)c1cnn(Cc2cccc([N+](=O)[O-])c2N)c(=O)c1. The predicted molar refractivity (Wildman–Crippen MR) is 79.4 cm³/mol. The summed E-state index contributed by atoms with van der Waals surface area (Å²) in [6.07, 6.45) is 1.55. The summed E-state index contributed by atoms with van der Waals surface area (Å²) in [6, 6.07) is 5.93. The molecule has 8 heteroatoms. The highest BCUT2D eigenvalue weighted by atomic mass is 16.6. The van der Waals surface area contributed by atoms with Crippen LogP contribution in [-0.4, -0.2) is 28.8 Å². The molecule has 0 atom stereocenters. The first-order valence-electron chi connectivity index (χ1n) is 6.16. The van der Waals surface area contributed by atoms with E-state index in [0.29, 0.717) is 11.3 Å². The molecule has 0 radical (unpaired) electrons. The van der Waals surface area contributed by atoms with Crippen molar-refractivity contribution in [2.24, 2.45) is 0 Å². The second kappa shape index (κ2) is 5.61. The van der Waals surface area contributed by atoms with Crippen LogP contribution in [0.4, 0.5) is 17.1 Å². The number of para-hydroxylation sites is 1. The Morgan fingerprint density at radius 3 is 2.71 bits per heavy atom. The third-order valence-corrected chi connectivity index (χ3v) is 3.06. The van der Waals surface area contributed by atoms with E-state index >= 15 is 0 Å². The number of nitrogens with zero attached hydrogens (tertiary/aromatic N) is 4. The Labute approximate surface area is 120 Å². The topological polar surface area (TPSA) is 107 Å². The van der Waals surface area contributed by atoms with Gasteiger partial charge in [-0.3, -0.25) is 14.9 Å². The van der Waals surface area contributed by atoms with Gasteiger partial charge in [0.15, 0.2) is 0 Å². The van der Waals surface area contributed by atoms with Crippen molar-refractivity contribution in [1.29, 1.82) is 0 Å². The average Bonchev–Trinajstić information content (AvgIpc) is 2.42. The molecule has 0 fully saturated rings. The quantitative estimate of drug-likeness (QED) is 0.508. The molecule has 0 amide bonds. The van der Waals surface area contributed by atoms with Gasteiger partial charge in [0.25, 0.3) is 11.2 Å². The van der Waals surface area contributed by atoms with Crippen LogP contribution < -0.4 is 16.2 Å². The molecule has 1 aromatic heterocycles. The van der Waals surface area contributed by atoms with Crippen LogP contribution in [0.2, 0.25) is 0 Å². The number of nitrogens with two attached hydrogens (primary N) is 1. The molecule has 21 heavy (non-hydrogen) atoms. The molecule has 0 aliphatic heterocycles. The maximum Gasteiger partial charge on any atom is 0.292 e. The molecule has 2 rings (SSSR count). The van der Waals surface area contributed by atoms with E-state index in [-0.39, 0.29) is 23.5 Å². The van der Waals surface area contributed by atoms with E-state index in [4.69, 9.17) is 5.73 Å². The van der Waals surface area contributed by atoms with Gasteiger partial charge in [0.05, 0.1) is 23.4 Å². The molecule has 8 nitrogen and oxygen atoms in total. The van der Waals surface area contributed by atoms with Crippen LogP contribution in [0.1, 0.15) is 5.56 Å². The monoisotopic (exact) mass is 289 g/mol. The molecule has 110 valence electrons. The maximum absolute atomic E-state index is 12.0. The van der Waals surface area contributed by atoms with Crippen molar-refractivity contribution >= 4 is 17.1 Å². The number of hydrogen-bond donors (Lipinski definition) is 1. The molecule has 1 aromatic carbocycles. The van der Waals surface area contributed by atoms with Crippen LogP contribution in [0.15, 0.2) is 35.3 Å². The van der Waals surface area contributed by atoms with Gasteiger partial charge < -0.3 is 10.6 Å². The number of benzene rings is 1. The lowest BCUT2D eigenvalue weighted by molar-refractivity contribution is -0.383. The van der Waals surface area contributed by atoms with Gasteiger partial charge in [0.1, 0.15) is 5.69 Å². The highest BCUT2D eigenvalue weighted by molar-refractivity contribution is 5.63. The summed E-state index contributed by atoms with van der Waals surface area (Å²) in [5.41, 5.74) is 6.51. The second-order valence-corrected chi connectivity index (χ2v) is 4.71. The molecule has 0 unspecified atom stereocenters. The van der Waals surface area contributed by atoms with Crippen LogP contribution in [-0.2, 0) is 6.54 Å². The van der Waals surface area contributed by atoms with Gasteiger partial charge >= 0.3 is 0 Å². The summed E-state index contributed by atoms with van der Waals surface area (Å²) < 4.78 is 1.21. The zero-order valence-electron chi connectivity index (χ0n) is 11.7. The van der Waals surface area contributed by atoms with Crippen LogP contribution in [0.25, 0.3) is 0 Å². The van der Waals surface area contributed by atoms with Crippen molar-refractivity contribution in [1.82, 2.24) is 9.78 Å². The molecular formula is C13H15N5O3. The Morgan fingerprint density at radius 1 is 1.43 bits per heavy atom. The molecule has 0 saturated heterocycles. The van der Waals surface area contributed by atoms with E-state index in [1.54, 1.807) is 31.3 Å². The fourth-order valence-corrected chi connectivity index (χ4v) is 1.85. The van der Waals surface area contributed by atoms with Crippen molar-refractivity contribution in [2.75, 3.05) is 24.7 Å². The molecule has 1 heterocycles. The van der Waals surface area contributed by atoms with Gasteiger partial charge in [0, 0.05) is 31.8 Å². The number of hydrogen-bond acceptors (Lipinski definition) is 6. The smallest absolute Gasteiger partial charge is 0.292 e. The molecule has 0 aliphatic rings. The van der Waals surface area contributed by atoms with Crippen LogP contribution in [0.3, 0.4) is 0 Å². The number of nitro groups is 1. The van der Waals surface area contributed by atoms with Crippen molar-refractivity contribution in [3.8, 4) is 0 Å². The van der Waals surface area contributed by atoms with Gasteiger partial charge in [-0.25, -0.2) is 4.68 Å². The number of rotatable bonds is 4. The Morgan fingerprint density at radius 2 is 2.14 bits per heavy atom. The van der Waals surface area contributed by atoms with Crippen LogP contribution >= 0.6 is 0 Å². The minimum atomic E-state index is -0.551. The molecule has 0 bridgehead atoms. The van der Waals surface area contributed by atoms with Crippen LogP contribution in [0.5, 0.6) is 0 Å². The largest absolute Gasteiger partial charge is 0.393 e. The molecule has 2 N–H and O–H groups in total. The first-order chi connectivity index (χ1) is 9.90. The van der Waals surface area contributed by atoms with Gasteiger partial charge in [0.2, 0.25) is 0 Å². The van der Waals surface area contributed by atoms with Gasteiger partial charge in [-0.05, 0) is 0 Å². The van der Waals surface area contributed by atoms with Crippen molar-refractivity contribution < 1.29 is 4.92 Å². The Hall–Kier alpha value is -2.90. The first kappa shape index (κ1) is 14.5. The third kappa shape index (κ3) is 2.99. The number of nitrogen functional groups attached to an aromatic ring is 1. The van der Waals surface area contributed by atoms with E-state index in [1.165, 1.54) is 22.9 Å². The average molecular weight is 289 g/mol. The zero-order valence-corrected chi connectivity index (χ0v) is 11.7. The lowest BCUT2D eigenvalue weighted by Crippen LogP contribution is -2.25. The fraction of sp³-hybridized carbons (Fsp3) is 0.231. The van der Waals surface area contributed by atoms with Crippen molar-refractivity contribution in [2.45, 2.75) is 6.54 Å². The summed E-state index contributed by atoms with van der Waals surface area (Å²) in [4.78, 5) is 24.0. The Kier molecular flexibility index (Phi) is 3.88. The van der Waals surface area contributed by atoms with Gasteiger partial charge in [-0.1, -0.05) is 12.1 Å². The van der Waals surface area contributed by atoms with Gasteiger partial charge in [-0.2, -0.15) is 5.10 Å². The fourth-order valence-electron chi connectivity index (χ4n) is 1.85. The summed E-state index contributed by atoms with van der Waals surface area (Å²) in [7, 11) is 3.61. The standard InChI is InChI=1S/C13H15N5O3/c1-16(2)10-6-12(19)17(15-7-10)8-9-4-3-5-11(13(9)14)18(20)21/h3-7H,8,14H2,1-2H3. The number of anilines is 2. The normalized spacial score (nSPS) is 10.4. The third-order valence-electron chi connectivity index (χ3n) is 3.06. The molecule has 0 spiro atoms. The molecular weight excluding hydrogens is 274 g/mol. The highest BCUT2D eigenvalue weighted by Gasteiger charge is 2.15. The van der Waals surface area contributed by atoms with Crippen molar-refractivity contribution in [3.63, 3.8) is 0 Å². The first-order valence-corrected chi connectivity index (χ1v) is 6.16. The number of aromatic nitrogens is 2.